The highest BCUT2D eigenvalue weighted by Crippen LogP contribution is 2.25. The van der Waals surface area contributed by atoms with Gasteiger partial charge in [0, 0.05) is 68.3 Å². The predicted molar refractivity (Wildman–Crippen MR) is 355 cm³/mol. The molecule has 26 heteroatoms. The molecule has 1 aliphatic rings. The van der Waals surface area contributed by atoms with Gasteiger partial charge < -0.3 is 70.1 Å². The molecule has 1 fully saturated rings. The Morgan fingerprint density at radius 3 is 1.52 bits per heavy atom. The number of esters is 1. The van der Waals surface area contributed by atoms with Gasteiger partial charge in [-0.25, -0.2) is 0 Å². The van der Waals surface area contributed by atoms with Gasteiger partial charge in [0.2, 0.25) is 65.0 Å². The van der Waals surface area contributed by atoms with E-state index in [2.05, 4.69) is 27.8 Å². The van der Waals surface area contributed by atoms with Crippen LogP contribution in [-0.2, 0) is 67.0 Å². The second kappa shape index (κ2) is 39.7. The largest absolute Gasteiger partial charge is 0.466 e. The van der Waals surface area contributed by atoms with Crippen LogP contribution in [0, 0.1) is 35.5 Å². The molecule has 1 saturated heterocycles. The van der Waals surface area contributed by atoms with Gasteiger partial charge in [-0.05, 0) is 95.8 Å². The predicted octanol–water partition coefficient (Wildman–Crippen LogP) is 3.14. The number of unbranched alkanes of at least 4 members (excludes halogenated alkanes) is 1. The highest BCUT2D eigenvalue weighted by atomic mass is 16.5. The number of nitrogens with zero attached hydrogens (tertiary/aromatic N) is 7. The molecule has 1 aliphatic heterocycles. The fourth-order valence-corrected chi connectivity index (χ4v) is 11.4. The monoisotopic (exact) mass is 1320 g/mol. The van der Waals surface area contributed by atoms with Crippen molar-refractivity contribution in [3.8, 4) is 0 Å². The van der Waals surface area contributed by atoms with Crippen molar-refractivity contribution in [2.24, 2.45) is 35.5 Å². The van der Waals surface area contributed by atoms with Gasteiger partial charge in [-0.1, -0.05) is 101 Å². The van der Waals surface area contributed by atoms with E-state index >= 15 is 14.4 Å². The molecule has 0 saturated carbocycles. The number of carbonyl (C=O) groups is 12. The quantitative estimate of drug-likeness (QED) is 0.0627. The second-order valence-corrected chi connectivity index (χ2v) is 26.9. The molecule has 26 nitrogen and oxygen atoms in total. The fourth-order valence-electron chi connectivity index (χ4n) is 11.4. The Hall–Kier alpha value is -6.96. The first-order chi connectivity index (χ1) is 43.2. The first-order valence-electron chi connectivity index (χ1n) is 32.9. The molecular weight excluding hydrogens is 1200 g/mol. The average Bonchev–Trinajstić information content (AvgIpc) is 0.821. The maximum absolute atomic E-state index is 15.2. The van der Waals surface area contributed by atoms with Crippen LogP contribution in [0.5, 0.6) is 0 Å². The number of aliphatic hydroxyl groups is 1. The summed E-state index contributed by atoms with van der Waals surface area (Å²) in [6, 6.07) is -13.2. The molecule has 5 N–H and O–H groups in total. The minimum atomic E-state index is -1.69. The van der Waals surface area contributed by atoms with E-state index < -0.39 is 168 Å². The van der Waals surface area contributed by atoms with E-state index in [1.165, 1.54) is 88.7 Å². The van der Waals surface area contributed by atoms with Crippen LogP contribution in [0.1, 0.15) is 156 Å². The summed E-state index contributed by atoms with van der Waals surface area (Å²) >= 11 is 0. The summed E-state index contributed by atoms with van der Waals surface area (Å²) < 4.78 is 11.2. The molecule has 0 radical (unpaired) electrons. The number of allylic oxidation sites excluding steroid dienone is 1. The minimum Gasteiger partial charge on any atom is -0.466 e. The number of hydrogen-bond donors (Lipinski definition) is 5. The molecule has 1 heterocycles. The third-order valence-corrected chi connectivity index (χ3v) is 16.9. The zero-order valence-electron chi connectivity index (χ0n) is 60.2. The summed E-state index contributed by atoms with van der Waals surface area (Å²) in [6.45, 7) is 31.6. The van der Waals surface area contributed by atoms with Crippen molar-refractivity contribution in [2.45, 2.75) is 229 Å². The van der Waals surface area contributed by atoms with Crippen molar-refractivity contribution in [3.63, 3.8) is 0 Å². The van der Waals surface area contributed by atoms with E-state index in [9.17, 15) is 48.3 Å². The van der Waals surface area contributed by atoms with Gasteiger partial charge in [0.15, 0.2) is 0 Å². The van der Waals surface area contributed by atoms with Crippen LogP contribution < -0.4 is 21.3 Å². The molecule has 0 aromatic heterocycles. The first-order valence-corrected chi connectivity index (χ1v) is 32.9. The summed E-state index contributed by atoms with van der Waals surface area (Å²) in [6.07, 6.45) is 3.10. The molecule has 13 atom stereocenters. The number of likely N-dealkylation sites (N-methyl/N-ethyl adjacent to an activating group) is 6. The van der Waals surface area contributed by atoms with Gasteiger partial charge in [-0.15, -0.1) is 6.58 Å². The summed E-state index contributed by atoms with van der Waals surface area (Å²) in [7, 11) is 8.33. The lowest BCUT2D eigenvalue weighted by Gasteiger charge is -2.41. The molecule has 0 aromatic rings. The number of hydrogen-bond acceptors (Lipinski definition) is 15. The average molecular weight is 1320 g/mol. The van der Waals surface area contributed by atoms with Crippen LogP contribution in [-0.4, -0.2) is 252 Å². The highest BCUT2D eigenvalue weighted by Gasteiger charge is 2.46. The van der Waals surface area contributed by atoms with Crippen LogP contribution in [0.2, 0.25) is 0 Å². The summed E-state index contributed by atoms with van der Waals surface area (Å²) in [5.74, 6) is -11.1. The first kappa shape index (κ1) is 84.1. The minimum absolute atomic E-state index is 0.0459. The van der Waals surface area contributed by atoms with Gasteiger partial charge in [0.1, 0.15) is 67.0 Å². The topological polar surface area (TPSA) is 314 Å². The van der Waals surface area contributed by atoms with Crippen molar-refractivity contribution in [1.82, 2.24) is 55.6 Å². The van der Waals surface area contributed by atoms with Gasteiger partial charge in [0.05, 0.1) is 18.8 Å². The number of carbonyl (C=O) groups excluding carboxylic acids is 12. The van der Waals surface area contributed by atoms with Crippen LogP contribution in [0.15, 0.2) is 24.8 Å². The Morgan fingerprint density at radius 2 is 1.03 bits per heavy atom. The van der Waals surface area contributed by atoms with Crippen molar-refractivity contribution in [1.29, 1.82) is 0 Å². The van der Waals surface area contributed by atoms with Gasteiger partial charge in [0.25, 0.3) is 0 Å². The van der Waals surface area contributed by atoms with E-state index in [1.54, 1.807) is 67.5 Å². The molecule has 1 unspecified atom stereocenters. The van der Waals surface area contributed by atoms with Crippen LogP contribution in [0.25, 0.3) is 0 Å². The molecule has 0 aliphatic carbocycles. The van der Waals surface area contributed by atoms with E-state index in [-0.39, 0.29) is 63.2 Å². The summed E-state index contributed by atoms with van der Waals surface area (Å²) in [5.41, 5.74) is 0. The normalized spacial score (nSPS) is 25.8. The van der Waals surface area contributed by atoms with Crippen LogP contribution in [0.4, 0.5) is 0 Å². The Labute approximate surface area is 554 Å². The SMILES string of the molecule is C=CCN1CC(=O)N(C)C([C@@H](C)OCCCCOC(C)=O)C(=O)N[C@@H](C(C)C)C(=O)N(C)[C@@H](CC(C)C)C(=O)N[C@@H](C)C(=O)N[C@H](C)C(=O)N(C)[C@@H](CC(C)C)C(=O)N(C)[C@@H](CC(C)C)C(=O)N(C)[C@@H](C(C)C)C(=O)N(C)[C@@H]([C@H](O)[C@H](C)/C=C/C)C(=O)N[C@@H](CC)C1=O. The lowest BCUT2D eigenvalue weighted by atomic mass is 9.93. The Balaban J connectivity index is 4.45. The van der Waals surface area contributed by atoms with Crippen molar-refractivity contribution < 1.29 is 72.1 Å². The molecular formula is C67H117N11O15. The molecule has 1 rings (SSSR count). The Bertz CT molecular complexity index is 2580. The van der Waals surface area contributed by atoms with Gasteiger partial charge >= 0.3 is 5.97 Å². The smallest absolute Gasteiger partial charge is 0.302 e. The highest BCUT2D eigenvalue weighted by molar-refractivity contribution is 5.99. The maximum Gasteiger partial charge on any atom is 0.302 e. The molecule has 0 spiro atoms. The van der Waals surface area contributed by atoms with Gasteiger partial charge in [-0.2, -0.15) is 0 Å². The van der Waals surface area contributed by atoms with Crippen molar-refractivity contribution >= 4 is 70.9 Å². The third-order valence-electron chi connectivity index (χ3n) is 16.9. The lowest BCUT2D eigenvalue weighted by Crippen LogP contribution is -2.63. The van der Waals surface area contributed by atoms with Crippen LogP contribution >= 0.6 is 0 Å². The van der Waals surface area contributed by atoms with E-state index in [0.717, 1.165) is 14.7 Å². The third kappa shape index (κ3) is 24.7. The maximum atomic E-state index is 15.2. The van der Waals surface area contributed by atoms with E-state index in [0.29, 0.717) is 12.8 Å². The molecule has 11 amide bonds. The molecule has 0 aromatic carbocycles. The summed E-state index contributed by atoms with van der Waals surface area (Å²) in [4.78, 5) is 182. The summed E-state index contributed by atoms with van der Waals surface area (Å²) in [5, 5.41) is 23.0. The number of nitrogens with one attached hydrogen (secondary N) is 4. The molecule has 93 heavy (non-hydrogen) atoms. The number of amides is 11. The standard InChI is InChI=1S/C67H117N11O15/c1-25-30-43(14)57(81)56-61(85)70-48(27-3)63(87)78(31-26-2)37-52(80)75(22)55(46(17)92-32-28-29-33-93-47(18)79)60(84)71-53(41(10)11)66(90)72(19)49(34-38(4)5)59(83)68-44(15)58(82)69-45(16)62(86)73(20)50(35-39(6)7)64(88)74(21)51(36-40(8)9)65(89)76(23)54(42(12)13)67(91)77(56)24/h25-26,30,38-46,48-51,53-57,81H,2,27-29,31-37H2,1,3-24H3,(H,68,83)(H,69,82)(H,70,85)(H,71,84)/b30-25+/t43-,44+,45-,46-,48+,49+,50+,51+,53+,54+,55?,56+,57-/m1/s1. The number of ether oxygens (including phenoxy) is 2. The van der Waals surface area contributed by atoms with Crippen molar-refractivity contribution in [3.05, 3.63) is 24.8 Å². The lowest BCUT2D eigenvalue weighted by molar-refractivity contribution is -0.157. The number of aliphatic hydroxyl groups excluding tert-OH is 1. The molecule has 530 valence electrons. The van der Waals surface area contributed by atoms with E-state index in [4.69, 9.17) is 9.47 Å². The second-order valence-electron chi connectivity index (χ2n) is 26.9. The van der Waals surface area contributed by atoms with Crippen LogP contribution in [0.3, 0.4) is 0 Å². The van der Waals surface area contributed by atoms with Gasteiger partial charge in [-0.3, -0.25) is 57.5 Å². The molecule has 0 bridgehead atoms. The Morgan fingerprint density at radius 1 is 0.559 bits per heavy atom. The zero-order valence-corrected chi connectivity index (χ0v) is 60.2. The number of rotatable bonds is 21. The van der Waals surface area contributed by atoms with E-state index in [1.807, 2.05) is 41.5 Å². The van der Waals surface area contributed by atoms with Crippen molar-refractivity contribution in [2.75, 3.05) is 68.6 Å². The zero-order chi connectivity index (χ0) is 71.8. The fraction of sp³-hybridized carbons (Fsp3) is 0.761. The Kier molecular flexibility index (Phi) is 35.9.